The standard InChI is InChI=1S/C13H19N3O/c1-16(12-6-4-11(14)5-7-12)13(17)10-3-2-8-15-9-10/h2-3,8-9,11-12H,4-7,14H2,1H3. The van der Waals surface area contributed by atoms with Crippen molar-refractivity contribution in [2.45, 2.75) is 37.8 Å². The highest BCUT2D eigenvalue weighted by Gasteiger charge is 2.25. The molecule has 1 fully saturated rings. The van der Waals surface area contributed by atoms with E-state index in [-0.39, 0.29) is 5.91 Å². The number of nitrogens with two attached hydrogens (primary N) is 1. The Morgan fingerprint density at radius 2 is 2.12 bits per heavy atom. The Balaban J connectivity index is 2.00. The molecule has 17 heavy (non-hydrogen) atoms. The molecule has 0 atom stereocenters. The highest BCUT2D eigenvalue weighted by Crippen LogP contribution is 2.22. The lowest BCUT2D eigenvalue weighted by molar-refractivity contribution is 0.0689. The zero-order valence-electron chi connectivity index (χ0n) is 10.2. The van der Waals surface area contributed by atoms with Crippen LogP contribution in [0.3, 0.4) is 0 Å². The van der Waals surface area contributed by atoms with Gasteiger partial charge in [0.2, 0.25) is 0 Å². The summed E-state index contributed by atoms with van der Waals surface area (Å²) in [4.78, 5) is 18.0. The predicted molar refractivity (Wildman–Crippen MR) is 66.6 cm³/mol. The van der Waals surface area contributed by atoms with E-state index in [0.717, 1.165) is 25.7 Å². The quantitative estimate of drug-likeness (QED) is 0.840. The molecule has 4 nitrogen and oxygen atoms in total. The van der Waals surface area contributed by atoms with E-state index in [4.69, 9.17) is 5.73 Å². The molecule has 2 rings (SSSR count). The van der Waals surface area contributed by atoms with Crippen LogP contribution in [0.25, 0.3) is 0 Å². The number of nitrogens with zero attached hydrogens (tertiary/aromatic N) is 2. The summed E-state index contributed by atoms with van der Waals surface area (Å²) >= 11 is 0. The molecule has 1 aromatic heterocycles. The number of carbonyl (C=O) groups is 1. The minimum atomic E-state index is 0.0542. The third-order valence-electron chi connectivity index (χ3n) is 3.52. The predicted octanol–water partition coefficient (Wildman–Crippen LogP) is 1.42. The second kappa shape index (κ2) is 5.27. The topological polar surface area (TPSA) is 59.2 Å². The van der Waals surface area contributed by atoms with Gasteiger partial charge in [0.15, 0.2) is 0 Å². The van der Waals surface area contributed by atoms with Crippen molar-refractivity contribution in [3.05, 3.63) is 30.1 Å². The Bertz CT molecular complexity index is 372. The maximum atomic E-state index is 12.2. The first-order chi connectivity index (χ1) is 8.18. The fourth-order valence-corrected chi connectivity index (χ4v) is 2.35. The SMILES string of the molecule is CN(C(=O)c1cccnc1)C1CCC(N)CC1. The van der Waals surface area contributed by atoms with Crippen LogP contribution in [0.5, 0.6) is 0 Å². The van der Waals surface area contributed by atoms with Crippen LogP contribution < -0.4 is 5.73 Å². The summed E-state index contributed by atoms with van der Waals surface area (Å²) in [5.41, 5.74) is 6.53. The molecular formula is C13H19N3O. The highest BCUT2D eigenvalue weighted by atomic mass is 16.2. The Kier molecular flexibility index (Phi) is 3.74. The van der Waals surface area contributed by atoms with E-state index in [9.17, 15) is 4.79 Å². The van der Waals surface area contributed by atoms with Crippen molar-refractivity contribution in [1.82, 2.24) is 9.88 Å². The number of pyridine rings is 1. The van der Waals surface area contributed by atoms with Crippen LogP contribution in [0.1, 0.15) is 36.0 Å². The van der Waals surface area contributed by atoms with Gasteiger partial charge in [0.25, 0.3) is 5.91 Å². The van der Waals surface area contributed by atoms with Crippen molar-refractivity contribution in [1.29, 1.82) is 0 Å². The number of amides is 1. The second-order valence-electron chi connectivity index (χ2n) is 4.73. The van der Waals surface area contributed by atoms with Gasteiger partial charge in [-0.3, -0.25) is 9.78 Å². The Morgan fingerprint density at radius 3 is 2.71 bits per heavy atom. The molecule has 0 aromatic carbocycles. The molecule has 0 aliphatic heterocycles. The fourth-order valence-electron chi connectivity index (χ4n) is 2.35. The zero-order valence-corrected chi connectivity index (χ0v) is 10.2. The van der Waals surface area contributed by atoms with E-state index in [1.54, 1.807) is 24.5 Å². The normalized spacial score (nSPS) is 24.4. The first-order valence-electron chi connectivity index (χ1n) is 6.11. The summed E-state index contributed by atoms with van der Waals surface area (Å²) in [6.45, 7) is 0. The van der Waals surface area contributed by atoms with Gasteiger partial charge >= 0.3 is 0 Å². The maximum absolute atomic E-state index is 12.2. The summed E-state index contributed by atoms with van der Waals surface area (Å²) in [5.74, 6) is 0.0542. The third kappa shape index (κ3) is 2.82. The van der Waals surface area contributed by atoms with Gasteiger partial charge < -0.3 is 10.6 Å². The molecule has 1 aromatic rings. The molecule has 0 unspecified atom stereocenters. The van der Waals surface area contributed by atoms with Crippen LogP contribution in [0.4, 0.5) is 0 Å². The van der Waals surface area contributed by atoms with Gasteiger partial charge in [0.1, 0.15) is 0 Å². The average Bonchev–Trinajstić information content (AvgIpc) is 2.39. The van der Waals surface area contributed by atoms with Gasteiger partial charge in [-0.1, -0.05) is 0 Å². The van der Waals surface area contributed by atoms with Crippen LogP contribution in [-0.2, 0) is 0 Å². The Labute approximate surface area is 102 Å². The molecular weight excluding hydrogens is 214 g/mol. The molecule has 1 saturated carbocycles. The van der Waals surface area contributed by atoms with Crippen LogP contribution in [0.2, 0.25) is 0 Å². The van der Waals surface area contributed by atoms with E-state index in [0.29, 0.717) is 17.6 Å². The highest BCUT2D eigenvalue weighted by molar-refractivity contribution is 5.93. The molecule has 2 N–H and O–H groups in total. The summed E-state index contributed by atoms with van der Waals surface area (Å²) < 4.78 is 0. The Hall–Kier alpha value is -1.42. The van der Waals surface area contributed by atoms with Crippen molar-refractivity contribution < 1.29 is 4.79 Å². The van der Waals surface area contributed by atoms with Crippen LogP contribution in [0, 0.1) is 0 Å². The molecule has 1 aliphatic carbocycles. The summed E-state index contributed by atoms with van der Waals surface area (Å²) in [6, 6.07) is 4.23. The lowest BCUT2D eigenvalue weighted by Gasteiger charge is -2.33. The molecule has 0 saturated heterocycles. The zero-order chi connectivity index (χ0) is 12.3. The molecule has 1 heterocycles. The van der Waals surface area contributed by atoms with Gasteiger partial charge in [0.05, 0.1) is 5.56 Å². The number of hydrogen-bond acceptors (Lipinski definition) is 3. The minimum absolute atomic E-state index is 0.0542. The summed E-state index contributed by atoms with van der Waals surface area (Å²) in [7, 11) is 1.87. The molecule has 1 aliphatic rings. The third-order valence-corrected chi connectivity index (χ3v) is 3.52. The van der Waals surface area contributed by atoms with Crippen LogP contribution in [-0.4, -0.2) is 34.9 Å². The first-order valence-corrected chi connectivity index (χ1v) is 6.11. The van der Waals surface area contributed by atoms with Crippen molar-refractivity contribution in [3.8, 4) is 0 Å². The van der Waals surface area contributed by atoms with E-state index in [1.165, 1.54) is 0 Å². The summed E-state index contributed by atoms with van der Waals surface area (Å²) in [5, 5.41) is 0. The van der Waals surface area contributed by atoms with Crippen molar-refractivity contribution in [3.63, 3.8) is 0 Å². The number of hydrogen-bond donors (Lipinski definition) is 1. The van der Waals surface area contributed by atoms with E-state index >= 15 is 0 Å². The van der Waals surface area contributed by atoms with E-state index in [2.05, 4.69) is 4.98 Å². The molecule has 0 spiro atoms. The van der Waals surface area contributed by atoms with Crippen molar-refractivity contribution in [2.24, 2.45) is 5.73 Å². The van der Waals surface area contributed by atoms with E-state index in [1.807, 2.05) is 11.9 Å². The molecule has 0 radical (unpaired) electrons. The smallest absolute Gasteiger partial charge is 0.255 e. The lowest BCUT2D eigenvalue weighted by atomic mass is 9.91. The lowest BCUT2D eigenvalue weighted by Crippen LogP contribution is -2.41. The van der Waals surface area contributed by atoms with Gasteiger partial charge in [0, 0.05) is 31.5 Å². The molecule has 0 bridgehead atoms. The van der Waals surface area contributed by atoms with Crippen molar-refractivity contribution >= 4 is 5.91 Å². The summed E-state index contributed by atoms with van der Waals surface area (Å²) in [6.07, 6.45) is 7.32. The first kappa shape index (κ1) is 12.0. The molecule has 1 amide bonds. The maximum Gasteiger partial charge on any atom is 0.255 e. The second-order valence-corrected chi connectivity index (χ2v) is 4.73. The van der Waals surface area contributed by atoms with Gasteiger partial charge in [-0.2, -0.15) is 0 Å². The van der Waals surface area contributed by atoms with Crippen molar-refractivity contribution in [2.75, 3.05) is 7.05 Å². The number of carbonyl (C=O) groups excluding carboxylic acids is 1. The minimum Gasteiger partial charge on any atom is -0.339 e. The van der Waals surface area contributed by atoms with E-state index < -0.39 is 0 Å². The molecule has 92 valence electrons. The van der Waals surface area contributed by atoms with Gasteiger partial charge in [-0.25, -0.2) is 0 Å². The van der Waals surface area contributed by atoms with Crippen LogP contribution >= 0.6 is 0 Å². The Morgan fingerprint density at radius 1 is 1.41 bits per heavy atom. The van der Waals surface area contributed by atoms with Crippen LogP contribution in [0.15, 0.2) is 24.5 Å². The molecule has 4 heteroatoms. The fraction of sp³-hybridized carbons (Fsp3) is 0.538. The van der Waals surface area contributed by atoms with Gasteiger partial charge in [-0.15, -0.1) is 0 Å². The monoisotopic (exact) mass is 233 g/mol. The average molecular weight is 233 g/mol. The largest absolute Gasteiger partial charge is 0.339 e. The number of rotatable bonds is 2. The number of aromatic nitrogens is 1. The van der Waals surface area contributed by atoms with Gasteiger partial charge in [-0.05, 0) is 37.8 Å².